The Kier molecular flexibility index (Phi) is 9.39. The van der Waals surface area contributed by atoms with Gasteiger partial charge in [-0.15, -0.1) is 0 Å². The molecule has 3 amide bonds. The van der Waals surface area contributed by atoms with Gasteiger partial charge in [0.1, 0.15) is 12.6 Å². The Bertz CT molecular complexity index is 418. The second-order valence-corrected chi connectivity index (χ2v) is 3.65. The van der Waals surface area contributed by atoms with Crippen molar-refractivity contribution in [3.8, 4) is 0 Å². The van der Waals surface area contributed by atoms with Gasteiger partial charge in [-0.3, -0.25) is 10.1 Å². The Labute approximate surface area is 120 Å². The lowest BCUT2D eigenvalue weighted by atomic mass is 10.2. The molecule has 0 saturated carbocycles. The predicted molar refractivity (Wildman–Crippen MR) is 78.9 cm³/mol. The molecule has 0 aliphatic carbocycles. The molecule has 1 atom stereocenters. The van der Waals surface area contributed by atoms with E-state index in [1.54, 1.807) is 6.92 Å². The molecule has 1 fully saturated rings. The van der Waals surface area contributed by atoms with Gasteiger partial charge >= 0.3 is 6.03 Å². The molecule has 1 aliphatic heterocycles. The van der Waals surface area contributed by atoms with Crippen molar-refractivity contribution in [2.75, 3.05) is 0 Å². The number of urea groups is 1. The Morgan fingerprint density at radius 3 is 2.20 bits per heavy atom. The van der Waals surface area contributed by atoms with Crippen LogP contribution in [-0.2, 0) is 16.1 Å². The van der Waals surface area contributed by atoms with Gasteiger partial charge in [0.15, 0.2) is 0 Å². The van der Waals surface area contributed by atoms with E-state index in [0.717, 1.165) is 0 Å². The highest BCUT2D eigenvalue weighted by atomic mass is 16.5. The minimum absolute atomic E-state index is 0.255. The minimum atomic E-state index is -0.400. The van der Waals surface area contributed by atoms with Crippen LogP contribution in [0.5, 0.6) is 0 Å². The number of hydrogen-bond acceptors (Lipinski definition) is 3. The summed E-state index contributed by atoms with van der Waals surface area (Å²) in [5.41, 5.74) is 1.17. The summed E-state index contributed by atoms with van der Waals surface area (Å²) >= 11 is 0. The first-order chi connectivity index (χ1) is 9.63. The number of nitrogens with one attached hydrogen (secondary N) is 2. The Balaban J connectivity index is 0.000000327. The second-order valence-electron chi connectivity index (χ2n) is 3.65. The van der Waals surface area contributed by atoms with Crippen LogP contribution in [-0.4, -0.2) is 18.0 Å². The van der Waals surface area contributed by atoms with E-state index in [2.05, 4.69) is 17.2 Å². The van der Waals surface area contributed by atoms with Crippen LogP contribution in [0.1, 0.15) is 26.3 Å². The van der Waals surface area contributed by atoms with Crippen molar-refractivity contribution in [2.24, 2.45) is 0 Å². The van der Waals surface area contributed by atoms with Crippen molar-refractivity contribution >= 4 is 11.9 Å². The molecule has 110 valence electrons. The van der Waals surface area contributed by atoms with E-state index in [0.29, 0.717) is 6.61 Å². The minimum Gasteiger partial charge on any atom is -0.497 e. The van der Waals surface area contributed by atoms with Gasteiger partial charge in [-0.2, -0.15) is 0 Å². The van der Waals surface area contributed by atoms with Crippen LogP contribution >= 0.6 is 0 Å². The molecular weight excluding hydrogens is 256 g/mol. The van der Waals surface area contributed by atoms with Gasteiger partial charge in [-0.25, -0.2) is 4.79 Å². The first kappa shape index (κ1) is 17.7. The van der Waals surface area contributed by atoms with E-state index in [1.165, 1.54) is 11.8 Å². The molecule has 0 radical (unpaired) electrons. The summed E-state index contributed by atoms with van der Waals surface area (Å²) < 4.78 is 4.98. The molecule has 1 heterocycles. The molecular formula is C15H22N2O3. The van der Waals surface area contributed by atoms with Gasteiger partial charge in [-0.05, 0) is 12.5 Å². The number of carbonyl (C=O) groups excluding carboxylic acids is 2. The summed E-state index contributed by atoms with van der Waals surface area (Å²) in [6, 6.07) is 9.23. The monoisotopic (exact) mass is 278 g/mol. The molecule has 1 aromatic carbocycles. The van der Waals surface area contributed by atoms with Crippen LogP contribution in [0.4, 0.5) is 4.79 Å². The van der Waals surface area contributed by atoms with Gasteiger partial charge in [0.05, 0.1) is 6.26 Å². The van der Waals surface area contributed by atoms with Crippen molar-refractivity contribution in [3.05, 3.63) is 48.7 Å². The predicted octanol–water partition coefficient (Wildman–Crippen LogP) is 2.59. The standard InChI is InChI=1S/C9H10O.C4H6N2O2.C2H6/c1-2-10-8-9-6-4-3-5-7-9;1-2-3(7)6-4(8)5-2;1-2/h2-7H,1,8H2;2H,1H3,(H2,5,6,7,8);1-2H3. The number of amides is 3. The van der Waals surface area contributed by atoms with Crippen molar-refractivity contribution in [1.29, 1.82) is 0 Å². The molecule has 2 N–H and O–H groups in total. The molecule has 1 aromatic rings. The van der Waals surface area contributed by atoms with Crippen LogP contribution in [0.2, 0.25) is 0 Å². The number of benzene rings is 1. The third-order valence-electron chi connectivity index (χ3n) is 2.19. The maximum absolute atomic E-state index is 10.4. The number of imide groups is 1. The molecule has 1 aliphatic rings. The summed E-state index contributed by atoms with van der Waals surface area (Å²) in [6.07, 6.45) is 1.45. The van der Waals surface area contributed by atoms with Crippen LogP contribution in [0, 0.1) is 0 Å². The first-order valence-electron chi connectivity index (χ1n) is 6.51. The van der Waals surface area contributed by atoms with Crippen molar-refractivity contribution < 1.29 is 14.3 Å². The fourth-order valence-corrected chi connectivity index (χ4v) is 1.25. The average Bonchev–Trinajstić information content (AvgIpc) is 2.77. The quantitative estimate of drug-likeness (QED) is 0.659. The van der Waals surface area contributed by atoms with E-state index in [9.17, 15) is 9.59 Å². The fraction of sp³-hybridized carbons (Fsp3) is 0.333. The molecule has 0 spiro atoms. The summed E-state index contributed by atoms with van der Waals surface area (Å²) in [7, 11) is 0. The van der Waals surface area contributed by atoms with Crippen LogP contribution < -0.4 is 10.6 Å². The zero-order chi connectivity index (χ0) is 15.4. The third kappa shape index (κ3) is 7.20. The molecule has 0 bridgehead atoms. The number of ether oxygens (including phenoxy) is 1. The lowest BCUT2D eigenvalue weighted by Gasteiger charge is -1.98. The highest BCUT2D eigenvalue weighted by molar-refractivity contribution is 6.03. The van der Waals surface area contributed by atoms with Crippen LogP contribution in [0.3, 0.4) is 0 Å². The topological polar surface area (TPSA) is 67.4 Å². The highest BCUT2D eigenvalue weighted by Gasteiger charge is 2.24. The number of carbonyl (C=O) groups is 2. The summed E-state index contributed by atoms with van der Waals surface area (Å²) in [5, 5.41) is 4.44. The van der Waals surface area contributed by atoms with Crippen molar-refractivity contribution in [2.45, 2.75) is 33.4 Å². The number of hydrogen-bond donors (Lipinski definition) is 2. The molecule has 1 unspecified atom stereocenters. The second kappa shape index (κ2) is 10.6. The summed E-state index contributed by atoms with van der Waals surface area (Å²) in [5.74, 6) is -0.255. The molecule has 2 rings (SSSR count). The molecule has 5 heteroatoms. The molecule has 20 heavy (non-hydrogen) atoms. The highest BCUT2D eigenvalue weighted by Crippen LogP contribution is 1.99. The molecule has 0 aromatic heterocycles. The zero-order valence-electron chi connectivity index (χ0n) is 12.2. The first-order valence-corrected chi connectivity index (χ1v) is 6.51. The Morgan fingerprint density at radius 1 is 1.25 bits per heavy atom. The molecule has 5 nitrogen and oxygen atoms in total. The maximum atomic E-state index is 10.4. The number of rotatable bonds is 3. The van der Waals surface area contributed by atoms with Crippen molar-refractivity contribution in [1.82, 2.24) is 10.6 Å². The van der Waals surface area contributed by atoms with Gasteiger partial charge in [0, 0.05) is 0 Å². The van der Waals surface area contributed by atoms with E-state index >= 15 is 0 Å². The van der Waals surface area contributed by atoms with Crippen LogP contribution in [0.25, 0.3) is 0 Å². The van der Waals surface area contributed by atoms with E-state index < -0.39 is 6.03 Å². The normalized spacial score (nSPS) is 15.7. The fourth-order valence-electron chi connectivity index (χ4n) is 1.25. The van der Waals surface area contributed by atoms with E-state index in [1.807, 2.05) is 44.2 Å². The maximum Gasteiger partial charge on any atom is 0.322 e. The Morgan fingerprint density at radius 2 is 1.85 bits per heavy atom. The zero-order valence-corrected chi connectivity index (χ0v) is 12.2. The van der Waals surface area contributed by atoms with Crippen molar-refractivity contribution in [3.63, 3.8) is 0 Å². The summed E-state index contributed by atoms with van der Waals surface area (Å²) in [6.45, 7) is 9.69. The third-order valence-corrected chi connectivity index (χ3v) is 2.19. The van der Waals surface area contributed by atoms with Gasteiger partial charge in [0.2, 0.25) is 5.91 Å². The smallest absolute Gasteiger partial charge is 0.322 e. The molecule has 1 saturated heterocycles. The lowest BCUT2D eigenvalue weighted by Crippen LogP contribution is -2.24. The van der Waals surface area contributed by atoms with E-state index in [-0.39, 0.29) is 11.9 Å². The largest absolute Gasteiger partial charge is 0.497 e. The average molecular weight is 278 g/mol. The lowest BCUT2D eigenvalue weighted by molar-refractivity contribution is -0.119. The summed E-state index contributed by atoms with van der Waals surface area (Å²) in [4.78, 5) is 20.6. The Hall–Kier alpha value is -2.30. The van der Waals surface area contributed by atoms with Gasteiger partial charge < -0.3 is 10.1 Å². The van der Waals surface area contributed by atoms with Crippen LogP contribution in [0.15, 0.2) is 43.2 Å². The van der Waals surface area contributed by atoms with Gasteiger partial charge in [-0.1, -0.05) is 50.8 Å². The SMILES string of the molecule is C=COCc1ccccc1.CC.CC1NC(=O)NC1=O. The van der Waals surface area contributed by atoms with E-state index in [4.69, 9.17) is 4.74 Å². The van der Waals surface area contributed by atoms with Gasteiger partial charge in [0.25, 0.3) is 0 Å².